The molecule has 0 bridgehead atoms. The van der Waals surface area contributed by atoms with Crippen LogP contribution < -0.4 is 5.32 Å². The maximum absolute atomic E-state index is 4.45. The lowest BCUT2D eigenvalue weighted by molar-refractivity contribution is 0.532. The highest BCUT2D eigenvalue weighted by molar-refractivity contribution is 7.09. The van der Waals surface area contributed by atoms with Gasteiger partial charge in [-0.3, -0.25) is 4.68 Å². The zero-order valence-electron chi connectivity index (χ0n) is 10.5. The normalized spacial score (nSPS) is 12.9. The molecule has 2 aromatic heterocycles. The monoisotopic (exact) mass is 250 g/mol. The van der Waals surface area contributed by atoms with Crippen molar-refractivity contribution in [3.05, 3.63) is 34.0 Å². The molecule has 1 N–H and O–H groups in total. The van der Waals surface area contributed by atoms with Gasteiger partial charge < -0.3 is 5.32 Å². The van der Waals surface area contributed by atoms with Crippen LogP contribution in [0.15, 0.2) is 17.6 Å². The molecule has 0 aliphatic heterocycles. The van der Waals surface area contributed by atoms with Gasteiger partial charge in [0.05, 0.1) is 10.7 Å². The third kappa shape index (κ3) is 3.14. The van der Waals surface area contributed by atoms with Crippen LogP contribution in [0.4, 0.5) is 0 Å². The zero-order chi connectivity index (χ0) is 12.3. The molecule has 0 fully saturated rings. The van der Waals surface area contributed by atoms with E-state index in [9.17, 15) is 0 Å². The Morgan fingerprint density at radius 1 is 1.53 bits per heavy atom. The predicted octanol–water partition coefficient (Wildman–Crippen LogP) is 2.08. The molecule has 0 saturated carbocycles. The van der Waals surface area contributed by atoms with E-state index in [-0.39, 0.29) is 0 Å². The topological polar surface area (TPSA) is 42.7 Å². The molecular formula is C12H18N4S. The number of nitrogens with one attached hydrogen (secondary N) is 1. The highest BCUT2D eigenvalue weighted by Gasteiger charge is 2.08. The Balaban J connectivity index is 1.81. The van der Waals surface area contributed by atoms with Crippen LogP contribution >= 0.6 is 11.3 Å². The molecule has 5 heteroatoms. The molecule has 0 aliphatic rings. The van der Waals surface area contributed by atoms with Gasteiger partial charge in [0, 0.05) is 43.3 Å². The summed E-state index contributed by atoms with van der Waals surface area (Å²) in [5, 5.41) is 11.0. The molecule has 2 rings (SSSR count). The zero-order valence-corrected chi connectivity index (χ0v) is 11.3. The number of hydrogen-bond donors (Lipinski definition) is 1. The average Bonchev–Trinajstić information content (AvgIpc) is 2.87. The molecule has 0 amide bonds. The lowest BCUT2D eigenvalue weighted by atomic mass is 10.2. The smallest absolute Gasteiger partial charge is 0.0940 e. The standard InChI is InChI=1S/C12H18N4S/c1-9-8-17-12(15-9)5-6-13-10(2)11-4-7-14-16(11)3/h4,7-8,10,13H,5-6H2,1-3H3. The minimum absolute atomic E-state index is 0.323. The number of aromatic nitrogens is 3. The van der Waals surface area contributed by atoms with E-state index in [1.165, 1.54) is 10.7 Å². The molecule has 4 nitrogen and oxygen atoms in total. The van der Waals surface area contributed by atoms with Crippen LogP contribution in [0.25, 0.3) is 0 Å². The van der Waals surface area contributed by atoms with E-state index in [0.717, 1.165) is 18.7 Å². The van der Waals surface area contributed by atoms with Gasteiger partial charge >= 0.3 is 0 Å². The summed E-state index contributed by atoms with van der Waals surface area (Å²) < 4.78 is 1.91. The molecule has 92 valence electrons. The van der Waals surface area contributed by atoms with Gasteiger partial charge in [-0.15, -0.1) is 11.3 Å². The van der Waals surface area contributed by atoms with Crippen molar-refractivity contribution in [2.24, 2.45) is 7.05 Å². The molecule has 1 unspecified atom stereocenters. The lowest BCUT2D eigenvalue weighted by Gasteiger charge is -2.13. The number of thiazole rings is 1. The van der Waals surface area contributed by atoms with Crippen LogP contribution in [0.5, 0.6) is 0 Å². The van der Waals surface area contributed by atoms with E-state index in [1.807, 2.05) is 30.9 Å². The van der Waals surface area contributed by atoms with Crippen molar-refractivity contribution in [2.75, 3.05) is 6.54 Å². The molecule has 0 aromatic carbocycles. The van der Waals surface area contributed by atoms with E-state index in [0.29, 0.717) is 6.04 Å². The maximum Gasteiger partial charge on any atom is 0.0940 e. The fraction of sp³-hybridized carbons (Fsp3) is 0.500. The first-order chi connectivity index (χ1) is 8.16. The Morgan fingerprint density at radius 3 is 2.94 bits per heavy atom. The van der Waals surface area contributed by atoms with Crippen molar-refractivity contribution in [3.63, 3.8) is 0 Å². The van der Waals surface area contributed by atoms with Gasteiger partial charge in [0.1, 0.15) is 0 Å². The third-order valence-electron chi connectivity index (χ3n) is 2.76. The quantitative estimate of drug-likeness (QED) is 0.883. The molecule has 0 saturated heterocycles. The van der Waals surface area contributed by atoms with Crippen LogP contribution in [0.2, 0.25) is 0 Å². The molecule has 17 heavy (non-hydrogen) atoms. The first-order valence-corrected chi connectivity index (χ1v) is 6.67. The Hall–Kier alpha value is -1.20. The molecule has 2 aromatic rings. The predicted molar refractivity (Wildman–Crippen MR) is 70.2 cm³/mol. The van der Waals surface area contributed by atoms with Crippen molar-refractivity contribution >= 4 is 11.3 Å². The summed E-state index contributed by atoms with van der Waals surface area (Å²) in [5.74, 6) is 0. The van der Waals surface area contributed by atoms with E-state index in [4.69, 9.17) is 0 Å². The largest absolute Gasteiger partial charge is 0.308 e. The first-order valence-electron chi connectivity index (χ1n) is 5.79. The lowest BCUT2D eigenvalue weighted by Crippen LogP contribution is -2.23. The van der Waals surface area contributed by atoms with E-state index < -0.39 is 0 Å². The molecule has 0 aliphatic carbocycles. The molecule has 1 atom stereocenters. The van der Waals surface area contributed by atoms with Gasteiger partial charge in [-0.05, 0) is 19.9 Å². The minimum Gasteiger partial charge on any atom is -0.308 e. The van der Waals surface area contributed by atoms with E-state index in [1.54, 1.807) is 11.3 Å². The van der Waals surface area contributed by atoms with Gasteiger partial charge in [-0.25, -0.2) is 4.98 Å². The number of hydrogen-bond acceptors (Lipinski definition) is 4. The van der Waals surface area contributed by atoms with Crippen molar-refractivity contribution in [1.29, 1.82) is 0 Å². The Kier molecular flexibility index (Phi) is 3.91. The van der Waals surface area contributed by atoms with Gasteiger partial charge in [0.15, 0.2) is 0 Å². The van der Waals surface area contributed by atoms with Crippen molar-refractivity contribution in [3.8, 4) is 0 Å². The summed E-state index contributed by atoms with van der Waals surface area (Å²) in [6.45, 7) is 5.13. The third-order valence-corrected chi connectivity index (χ3v) is 3.78. The highest BCUT2D eigenvalue weighted by Crippen LogP contribution is 2.12. The van der Waals surface area contributed by atoms with Crippen LogP contribution in [0.3, 0.4) is 0 Å². The molecule has 0 radical (unpaired) electrons. The summed E-state index contributed by atoms with van der Waals surface area (Å²) in [7, 11) is 1.97. The van der Waals surface area contributed by atoms with E-state index >= 15 is 0 Å². The van der Waals surface area contributed by atoms with Crippen molar-refractivity contribution in [1.82, 2.24) is 20.1 Å². The number of aryl methyl sites for hydroxylation is 2. The second kappa shape index (κ2) is 5.42. The van der Waals surface area contributed by atoms with Gasteiger partial charge in [-0.2, -0.15) is 5.10 Å². The van der Waals surface area contributed by atoms with Crippen LogP contribution in [-0.2, 0) is 13.5 Å². The van der Waals surface area contributed by atoms with Crippen LogP contribution in [-0.4, -0.2) is 21.3 Å². The second-order valence-corrected chi connectivity index (χ2v) is 5.13. The fourth-order valence-corrected chi connectivity index (χ4v) is 2.60. The van der Waals surface area contributed by atoms with Gasteiger partial charge in [0.2, 0.25) is 0 Å². The Labute approximate surface area is 106 Å². The number of nitrogens with zero attached hydrogens (tertiary/aromatic N) is 3. The first kappa shape index (κ1) is 12.3. The highest BCUT2D eigenvalue weighted by atomic mass is 32.1. The summed E-state index contributed by atoms with van der Waals surface area (Å²) in [4.78, 5) is 4.45. The second-order valence-electron chi connectivity index (χ2n) is 4.19. The molecule has 2 heterocycles. The summed E-state index contributed by atoms with van der Waals surface area (Å²) in [6, 6.07) is 2.37. The summed E-state index contributed by atoms with van der Waals surface area (Å²) in [5.41, 5.74) is 2.32. The van der Waals surface area contributed by atoms with Crippen LogP contribution in [0, 0.1) is 6.92 Å². The average molecular weight is 250 g/mol. The SMILES string of the molecule is Cc1csc(CCNC(C)c2ccnn2C)n1. The Bertz CT molecular complexity index is 474. The van der Waals surface area contributed by atoms with Gasteiger partial charge in [0.25, 0.3) is 0 Å². The van der Waals surface area contributed by atoms with Gasteiger partial charge in [-0.1, -0.05) is 0 Å². The van der Waals surface area contributed by atoms with Crippen LogP contribution in [0.1, 0.15) is 29.4 Å². The maximum atomic E-state index is 4.45. The van der Waals surface area contributed by atoms with E-state index in [2.05, 4.69) is 27.7 Å². The molecule has 0 spiro atoms. The summed E-state index contributed by atoms with van der Waals surface area (Å²) >= 11 is 1.73. The number of rotatable bonds is 5. The fourth-order valence-electron chi connectivity index (χ4n) is 1.83. The molecular weight excluding hydrogens is 232 g/mol. The minimum atomic E-state index is 0.323. The summed E-state index contributed by atoms with van der Waals surface area (Å²) in [6.07, 6.45) is 2.82. The van der Waals surface area contributed by atoms with Crippen molar-refractivity contribution < 1.29 is 0 Å². The van der Waals surface area contributed by atoms with Crippen molar-refractivity contribution in [2.45, 2.75) is 26.3 Å². The Morgan fingerprint density at radius 2 is 2.35 bits per heavy atom.